The van der Waals surface area contributed by atoms with Crippen LogP contribution in [0.25, 0.3) is 11.3 Å². The summed E-state index contributed by atoms with van der Waals surface area (Å²) in [6, 6.07) is 7.36. The second-order valence-electron chi connectivity index (χ2n) is 4.47. The van der Waals surface area contributed by atoms with Crippen LogP contribution in [-0.4, -0.2) is 35.2 Å². The lowest BCUT2D eigenvalue weighted by Gasteiger charge is -2.10. The number of aliphatic hydroxyl groups is 1. The van der Waals surface area contributed by atoms with Crippen molar-refractivity contribution in [3.05, 3.63) is 23.8 Å². The van der Waals surface area contributed by atoms with E-state index in [0.717, 1.165) is 0 Å². The summed E-state index contributed by atoms with van der Waals surface area (Å²) in [5.74, 6) is 1.41. The van der Waals surface area contributed by atoms with E-state index in [2.05, 4.69) is 11.2 Å². The molecule has 7 nitrogen and oxygen atoms in total. The molecule has 116 valence electrons. The molecular formula is C15H18N4O3. The van der Waals surface area contributed by atoms with Crippen LogP contribution in [0.1, 0.15) is 12.5 Å². The highest BCUT2D eigenvalue weighted by atomic mass is 16.5. The molecule has 0 spiro atoms. The van der Waals surface area contributed by atoms with Gasteiger partial charge < -0.3 is 20.3 Å². The lowest BCUT2D eigenvalue weighted by Crippen LogP contribution is -2.07. The summed E-state index contributed by atoms with van der Waals surface area (Å²) in [6.45, 7) is 2.49. The molecule has 1 aromatic heterocycles. The van der Waals surface area contributed by atoms with Crippen LogP contribution in [0.2, 0.25) is 0 Å². The third kappa shape index (κ3) is 2.82. The molecule has 7 heteroatoms. The van der Waals surface area contributed by atoms with Crippen LogP contribution in [0.3, 0.4) is 0 Å². The smallest absolute Gasteiger partial charge is 0.161 e. The van der Waals surface area contributed by atoms with Gasteiger partial charge in [-0.15, -0.1) is 0 Å². The van der Waals surface area contributed by atoms with Crippen molar-refractivity contribution in [2.75, 3.05) is 26.1 Å². The number of anilines is 1. The Kier molecular flexibility index (Phi) is 4.86. The molecule has 0 saturated carbocycles. The molecule has 1 heterocycles. The van der Waals surface area contributed by atoms with E-state index < -0.39 is 0 Å². The topological polar surface area (TPSA) is 106 Å². The van der Waals surface area contributed by atoms with Crippen LogP contribution in [0.4, 0.5) is 5.82 Å². The first kappa shape index (κ1) is 15.7. The van der Waals surface area contributed by atoms with Gasteiger partial charge in [-0.3, -0.25) is 0 Å². The number of hydrogen-bond acceptors (Lipinski definition) is 6. The third-order valence-corrected chi connectivity index (χ3v) is 3.15. The summed E-state index contributed by atoms with van der Waals surface area (Å²) in [5, 5.41) is 22.7. The molecule has 0 amide bonds. The zero-order valence-electron chi connectivity index (χ0n) is 12.5. The summed E-state index contributed by atoms with van der Waals surface area (Å²) in [7, 11) is 1.56. The zero-order valence-corrected chi connectivity index (χ0v) is 12.5. The van der Waals surface area contributed by atoms with E-state index in [4.69, 9.17) is 20.3 Å². The summed E-state index contributed by atoms with van der Waals surface area (Å²) >= 11 is 0. The Morgan fingerprint density at radius 3 is 2.77 bits per heavy atom. The van der Waals surface area contributed by atoms with Gasteiger partial charge in [0, 0.05) is 5.56 Å². The first-order valence-corrected chi connectivity index (χ1v) is 6.84. The average molecular weight is 302 g/mol. The Morgan fingerprint density at radius 2 is 2.18 bits per heavy atom. The van der Waals surface area contributed by atoms with E-state index >= 15 is 0 Å². The molecule has 0 radical (unpaired) electrons. The van der Waals surface area contributed by atoms with E-state index in [0.29, 0.717) is 29.4 Å². The minimum atomic E-state index is -0.108. The average Bonchev–Trinajstić information content (AvgIpc) is 2.84. The zero-order chi connectivity index (χ0) is 16.1. The fraction of sp³-hybridized carbons (Fsp3) is 0.333. The monoisotopic (exact) mass is 302 g/mol. The van der Waals surface area contributed by atoms with Crippen molar-refractivity contribution in [3.8, 4) is 28.8 Å². The van der Waals surface area contributed by atoms with Crippen LogP contribution in [-0.2, 0) is 6.54 Å². The fourth-order valence-electron chi connectivity index (χ4n) is 2.14. The quantitative estimate of drug-likeness (QED) is 0.835. The number of ether oxygens (including phenoxy) is 2. The minimum absolute atomic E-state index is 0.108. The third-order valence-electron chi connectivity index (χ3n) is 3.15. The summed E-state index contributed by atoms with van der Waals surface area (Å²) in [6.07, 6.45) is 0. The molecule has 0 atom stereocenters. The lowest BCUT2D eigenvalue weighted by atomic mass is 10.1. The molecule has 0 bridgehead atoms. The second kappa shape index (κ2) is 6.83. The van der Waals surface area contributed by atoms with Crippen LogP contribution in [0, 0.1) is 11.3 Å². The van der Waals surface area contributed by atoms with E-state index in [9.17, 15) is 5.26 Å². The van der Waals surface area contributed by atoms with Crippen LogP contribution < -0.4 is 15.2 Å². The predicted octanol–water partition coefficient (Wildman–Crippen LogP) is 1.40. The number of methoxy groups -OCH3 is 1. The molecule has 3 N–H and O–H groups in total. The Balaban J connectivity index is 2.54. The van der Waals surface area contributed by atoms with E-state index in [-0.39, 0.29) is 24.5 Å². The van der Waals surface area contributed by atoms with Crippen molar-refractivity contribution in [1.82, 2.24) is 9.78 Å². The number of aromatic nitrogens is 2. The van der Waals surface area contributed by atoms with Gasteiger partial charge in [0.15, 0.2) is 11.5 Å². The number of nitriles is 1. The number of aliphatic hydroxyl groups excluding tert-OH is 1. The molecule has 0 saturated heterocycles. The molecule has 1 aromatic carbocycles. The molecule has 0 aliphatic carbocycles. The largest absolute Gasteiger partial charge is 0.493 e. The van der Waals surface area contributed by atoms with Gasteiger partial charge in [-0.25, -0.2) is 4.68 Å². The fourth-order valence-corrected chi connectivity index (χ4v) is 2.14. The van der Waals surface area contributed by atoms with E-state index in [1.807, 2.05) is 6.92 Å². The highest BCUT2D eigenvalue weighted by Gasteiger charge is 2.18. The summed E-state index contributed by atoms with van der Waals surface area (Å²) < 4.78 is 12.2. The molecule has 2 rings (SSSR count). The standard InChI is InChI=1S/C15H18N4O3/c1-3-22-13-8-10(4-5-12(13)21-2)14-11(9-16)15(17)19(18-14)6-7-20/h4-5,8,20H,3,6-7,17H2,1-2H3. The van der Waals surface area contributed by atoms with E-state index in [1.54, 1.807) is 25.3 Å². The van der Waals surface area contributed by atoms with Crippen LogP contribution in [0.5, 0.6) is 11.5 Å². The Morgan fingerprint density at radius 1 is 1.41 bits per heavy atom. The van der Waals surface area contributed by atoms with Crippen molar-refractivity contribution in [1.29, 1.82) is 5.26 Å². The SMILES string of the molecule is CCOc1cc(-c2nn(CCO)c(N)c2C#N)ccc1OC. The Hall–Kier alpha value is -2.72. The number of rotatable bonds is 6. The van der Waals surface area contributed by atoms with Crippen LogP contribution >= 0.6 is 0 Å². The second-order valence-corrected chi connectivity index (χ2v) is 4.47. The van der Waals surface area contributed by atoms with Gasteiger partial charge in [0.1, 0.15) is 23.1 Å². The van der Waals surface area contributed by atoms with Crippen LogP contribution in [0.15, 0.2) is 18.2 Å². The highest BCUT2D eigenvalue weighted by molar-refractivity contribution is 5.74. The van der Waals surface area contributed by atoms with Crippen molar-refractivity contribution >= 4 is 5.82 Å². The molecule has 0 aliphatic heterocycles. The summed E-state index contributed by atoms with van der Waals surface area (Å²) in [5.41, 5.74) is 7.33. The normalized spacial score (nSPS) is 10.3. The minimum Gasteiger partial charge on any atom is -0.493 e. The predicted molar refractivity (Wildman–Crippen MR) is 81.6 cm³/mol. The Bertz CT molecular complexity index is 704. The highest BCUT2D eigenvalue weighted by Crippen LogP contribution is 2.34. The molecule has 2 aromatic rings. The number of nitrogens with zero attached hydrogens (tertiary/aromatic N) is 3. The van der Waals surface area contributed by atoms with Crippen molar-refractivity contribution in [2.45, 2.75) is 13.5 Å². The molecule has 0 aliphatic rings. The van der Waals surface area contributed by atoms with Gasteiger partial charge in [0.25, 0.3) is 0 Å². The molecular weight excluding hydrogens is 284 g/mol. The Labute approximate surface area is 128 Å². The first-order valence-electron chi connectivity index (χ1n) is 6.84. The number of hydrogen-bond donors (Lipinski definition) is 2. The number of nitrogens with two attached hydrogens (primary N) is 1. The van der Waals surface area contributed by atoms with Gasteiger partial charge in [-0.05, 0) is 25.1 Å². The number of nitrogen functional groups attached to an aromatic ring is 1. The molecule has 0 unspecified atom stereocenters. The first-order chi connectivity index (χ1) is 10.7. The van der Waals surface area contributed by atoms with Gasteiger partial charge >= 0.3 is 0 Å². The van der Waals surface area contributed by atoms with Gasteiger partial charge in [-0.2, -0.15) is 10.4 Å². The van der Waals surface area contributed by atoms with E-state index in [1.165, 1.54) is 4.68 Å². The maximum Gasteiger partial charge on any atom is 0.161 e. The van der Waals surface area contributed by atoms with Gasteiger partial charge in [-0.1, -0.05) is 0 Å². The molecule has 0 fully saturated rings. The summed E-state index contributed by atoms with van der Waals surface area (Å²) in [4.78, 5) is 0. The maximum atomic E-state index is 9.31. The number of benzene rings is 1. The van der Waals surface area contributed by atoms with Crippen molar-refractivity contribution in [2.24, 2.45) is 0 Å². The lowest BCUT2D eigenvalue weighted by molar-refractivity contribution is 0.270. The maximum absolute atomic E-state index is 9.31. The molecule has 22 heavy (non-hydrogen) atoms. The van der Waals surface area contributed by atoms with Crippen molar-refractivity contribution < 1.29 is 14.6 Å². The van der Waals surface area contributed by atoms with Gasteiger partial charge in [0.05, 0.1) is 26.9 Å². The van der Waals surface area contributed by atoms with Crippen molar-refractivity contribution in [3.63, 3.8) is 0 Å². The van der Waals surface area contributed by atoms with Gasteiger partial charge in [0.2, 0.25) is 0 Å².